The van der Waals surface area contributed by atoms with E-state index >= 15 is 0 Å². The van der Waals surface area contributed by atoms with Gasteiger partial charge < -0.3 is 4.98 Å². The van der Waals surface area contributed by atoms with Gasteiger partial charge in [0.2, 0.25) is 0 Å². The van der Waals surface area contributed by atoms with Gasteiger partial charge in [0.25, 0.3) is 0 Å². The third-order valence-corrected chi connectivity index (χ3v) is 3.15. The maximum absolute atomic E-state index is 11.8. The molecule has 82 valence electrons. The second-order valence-corrected chi connectivity index (χ2v) is 4.36. The van der Waals surface area contributed by atoms with E-state index in [1.54, 1.807) is 0 Å². The molecule has 0 bridgehead atoms. The quantitative estimate of drug-likeness (QED) is 0.819. The molecule has 1 fully saturated rings. The number of aromatic nitrogens is 2. The molecular weight excluding hydrogens is 200 g/mol. The Kier molecular flexibility index (Phi) is 1.99. The van der Waals surface area contributed by atoms with Crippen molar-refractivity contribution in [3.63, 3.8) is 0 Å². The molecule has 1 saturated carbocycles. The van der Waals surface area contributed by atoms with Gasteiger partial charge in [-0.05, 0) is 25.3 Å². The van der Waals surface area contributed by atoms with Crippen LogP contribution in [0.2, 0.25) is 0 Å². The first-order valence-corrected chi connectivity index (χ1v) is 5.64. The van der Waals surface area contributed by atoms with Crippen LogP contribution in [0.4, 0.5) is 0 Å². The van der Waals surface area contributed by atoms with E-state index in [1.165, 1.54) is 0 Å². The number of imidazole rings is 1. The molecular formula is C13H14N2O. The summed E-state index contributed by atoms with van der Waals surface area (Å²) in [7, 11) is 0. The van der Waals surface area contributed by atoms with Gasteiger partial charge >= 0.3 is 5.69 Å². The fraction of sp³-hybridized carbons (Fsp3) is 0.308. The van der Waals surface area contributed by atoms with E-state index in [2.05, 4.69) is 4.98 Å². The minimum absolute atomic E-state index is 0.0267. The first-order valence-electron chi connectivity index (χ1n) is 5.64. The number of nitrogens with one attached hydrogen (secondary N) is 1. The standard InChI is InChI=1S/C13H14N2O/c1-9-12(10-5-3-2-4-6-10)14-13(16)15(9)11-7-8-11/h2-6,11H,7-8H2,1H3,(H,14,16). The van der Waals surface area contributed by atoms with E-state index in [0.717, 1.165) is 29.8 Å². The molecule has 1 aliphatic carbocycles. The summed E-state index contributed by atoms with van der Waals surface area (Å²) in [5.74, 6) is 0. The molecule has 0 amide bonds. The zero-order valence-electron chi connectivity index (χ0n) is 9.23. The largest absolute Gasteiger partial charge is 0.326 e. The minimum atomic E-state index is 0.0267. The van der Waals surface area contributed by atoms with Crippen LogP contribution >= 0.6 is 0 Å². The number of nitrogens with zero attached hydrogens (tertiary/aromatic N) is 1. The van der Waals surface area contributed by atoms with Gasteiger partial charge in [-0.1, -0.05) is 30.3 Å². The van der Waals surface area contributed by atoms with Crippen LogP contribution in [0.3, 0.4) is 0 Å². The first-order chi connectivity index (χ1) is 7.77. The van der Waals surface area contributed by atoms with Crippen molar-refractivity contribution in [3.8, 4) is 11.3 Å². The molecule has 0 atom stereocenters. The Labute approximate surface area is 93.7 Å². The Hall–Kier alpha value is -1.77. The molecule has 1 aromatic heterocycles. The molecule has 2 aromatic rings. The third-order valence-electron chi connectivity index (χ3n) is 3.15. The average molecular weight is 214 g/mol. The lowest BCUT2D eigenvalue weighted by Gasteiger charge is -2.02. The molecule has 0 spiro atoms. The van der Waals surface area contributed by atoms with Crippen LogP contribution in [0.1, 0.15) is 24.6 Å². The Morgan fingerprint density at radius 2 is 1.94 bits per heavy atom. The summed E-state index contributed by atoms with van der Waals surface area (Å²) in [5, 5.41) is 0. The normalized spacial score (nSPS) is 15.3. The van der Waals surface area contributed by atoms with E-state index in [4.69, 9.17) is 0 Å². The smallest absolute Gasteiger partial charge is 0.305 e. The predicted octanol–water partition coefficient (Wildman–Crippen LogP) is 2.49. The maximum Gasteiger partial charge on any atom is 0.326 e. The summed E-state index contributed by atoms with van der Waals surface area (Å²) < 4.78 is 1.89. The van der Waals surface area contributed by atoms with E-state index in [9.17, 15) is 4.79 Å². The lowest BCUT2D eigenvalue weighted by Crippen LogP contribution is -2.16. The number of H-pyrrole nitrogens is 1. The summed E-state index contributed by atoms with van der Waals surface area (Å²) >= 11 is 0. The van der Waals surface area contributed by atoms with Crippen LogP contribution in [0.15, 0.2) is 35.1 Å². The van der Waals surface area contributed by atoms with E-state index in [-0.39, 0.29) is 5.69 Å². The highest BCUT2D eigenvalue weighted by Gasteiger charge is 2.28. The van der Waals surface area contributed by atoms with Gasteiger partial charge in [-0.15, -0.1) is 0 Å². The fourth-order valence-electron chi connectivity index (χ4n) is 2.19. The van der Waals surface area contributed by atoms with Crippen molar-refractivity contribution in [2.45, 2.75) is 25.8 Å². The molecule has 1 aromatic carbocycles. The van der Waals surface area contributed by atoms with Crippen molar-refractivity contribution in [1.29, 1.82) is 0 Å². The molecule has 0 radical (unpaired) electrons. The highest BCUT2D eigenvalue weighted by molar-refractivity contribution is 5.61. The van der Waals surface area contributed by atoms with Gasteiger partial charge in [-0.3, -0.25) is 4.57 Å². The average Bonchev–Trinajstić information content (AvgIpc) is 3.07. The van der Waals surface area contributed by atoms with Gasteiger partial charge in [-0.2, -0.15) is 0 Å². The van der Waals surface area contributed by atoms with Crippen LogP contribution in [-0.4, -0.2) is 9.55 Å². The second kappa shape index (κ2) is 3.37. The van der Waals surface area contributed by atoms with Crippen LogP contribution in [-0.2, 0) is 0 Å². The van der Waals surface area contributed by atoms with Gasteiger partial charge in [0.15, 0.2) is 0 Å². The Bertz CT molecular complexity index is 561. The number of aromatic amines is 1. The highest BCUT2D eigenvalue weighted by atomic mass is 16.1. The minimum Gasteiger partial charge on any atom is -0.305 e. The zero-order valence-corrected chi connectivity index (χ0v) is 9.23. The predicted molar refractivity (Wildman–Crippen MR) is 63.5 cm³/mol. The topological polar surface area (TPSA) is 37.8 Å². The highest BCUT2D eigenvalue weighted by Crippen LogP contribution is 2.36. The Balaban J connectivity index is 2.16. The number of hydrogen-bond acceptors (Lipinski definition) is 1. The number of rotatable bonds is 2. The zero-order chi connectivity index (χ0) is 11.1. The summed E-state index contributed by atoms with van der Waals surface area (Å²) in [6, 6.07) is 10.4. The molecule has 1 heterocycles. The number of hydrogen-bond donors (Lipinski definition) is 1. The van der Waals surface area contributed by atoms with Gasteiger partial charge in [0.1, 0.15) is 0 Å². The molecule has 1 aliphatic rings. The lowest BCUT2D eigenvalue weighted by molar-refractivity contribution is 0.689. The summed E-state index contributed by atoms with van der Waals surface area (Å²) in [4.78, 5) is 14.8. The van der Waals surface area contributed by atoms with E-state index in [1.807, 2.05) is 41.8 Å². The van der Waals surface area contributed by atoms with Crippen LogP contribution in [0.25, 0.3) is 11.3 Å². The maximum atomic E-state index is 11.8. The second-order valence-electron chi connectivity index (χ2n) is 4.36. The van der Waals surface area contributed by atoms with Gasteiger partial charge in [-0.25, -0.2) is 4.79 Å². The molecule has 3 rings (SSSR count). The molecule has 16 heavy (non-hydrogen) atoms. The SMILES string of the molecule is Cc1c(-c2ccccc2)[nH]c(=O)n1C1CC1. The monoisotopic (exact) mass is 214 g/mol. The van der Waals surface area contributed by atoms with Crippen molar-refractivity contribution in [3.05, 3.63) is 46.5 Å². The van der Waals surface area contributed by atoms with E-state index in [0.29, 0.717) is 6.04 Å². The van der Waals surface area contributed by atoms with Crippen molar-refractivity contribution in [1.82, 2.24) is 9.55 Å². The van der Waals surface area contributed by atoms with Crippen LogP contribution in [0, 0.1) is 6.92 Å². The van der Waals surface area contributed by atoms with Crippen molar-refractivity contribution in [2.24, 2.45) is 0 Å². The lowest BCUT2D eigenvalue weighted by atomic mass is 10.1. The van der Waals surface area contributed by atoms with Crippen molar-refractivity contribution in [2.75, 3.05) is 0 Å². The molecule has 3 heteroatoms. The van der Waals surface area contributed by atoms with Crippen molar-refractivity contribution >= 4 is 0 Å². The summed E-state index contributed by atoms with van der Waals surface area (Å²) in [6.45, 7) is 2.01. The fourth-order valence-corrected chi connectivity index (χ4v) is 2.19. The molecule has 0 saturated heterocycles. The first kappa shape index (κ1) is 9.46. The third kappa shape index (κ3) is 1.40. The number of benzene rings is 1. The van der Waals surface area contributed by atoms with Gasteiger partial charge in [0.05, 0.1) is 5.69 Å². The summed E-state index contributed by atoms with van der Waals surface area (Å²) in [5.41, 5.74) is 3.12. The Morgan fingerprint density at radius 3 is 2.56 bits per heavy atom. The molecule has 0 unspecified atom stereocenters. The van der Waals surface area contributed by atoms with Gasteiger partial charge in [0, 0.05) is 11.7 Å². The summed E-state index contributed by atoms with van der Waals surface area (Å²) in [6.07, 6.45) is 2.26. The molecule has 0 aliphatic heterocycles. The van der Waals surface area contributed by atoms with E-state index < -0.39 is 0 Å². The molecule has 3 nitrogen and oxygen atoms in total. The van der Waals surface area contributed by atoms with Crippen LogP contribution in [0.5, 0.6) is 0 Å². The van der Waals surface area contributed by atoms with Crippen molar-refractivity contribution < 1.29 is 0 Å². The Morgan fingerprint density at radius 1 is 1.25 bits per heavy atom. The van der Waals surface area contributed by atoms with Crippen LogP contribution < -0.4 is 5.69 Å². The molecule has 1 N–H and O–H groups in total.